The minimum Gasteiger partial charge on any atom is -0.383 e. The first kappa shape index (κ1) is 14.3. The Morgan fingerprint density at radius 2 is 1.80 bits per heavy atom. The molecule has 2 rings (SSSR count). The van der Waals surface area contributed by atoms with Crippen LogP contribution in [0.15, 0.2) is 66.9 Å². The van der Waals surface area contributed by atoms with Crippen LogP contribution < -0.4 is 0 Å². The fourth-order valence-electron chi connectivity index (χ4n) is 2.21. The van der Waals surface area contributed by atoms with Crippen LogP contribution in [-0.4, -0.2) is 12.2 Å². The summed E-state index contributed by atoms with van der Waals surface area (Å²) in [4.78, 5) is 0. The number of aliphatic hydroxyl groups is 1. The van der Waals surface area contributed by atoms with E-state index in [1.54, 1.807) is 7.11 Å². The maximum atomic E-state index is 10.5. The highest BCUT2D eigenvalue weighted by Crippen LogP contribution is 2.31. The molecule has 0 aromatic heterocycles. The minimum atomic E-state index is -0.744. The average molecular weight is 266 g/mol. The van der Waals surface area contributed by atoms with Crippen LogP contribution in [0.25, 0.3) is 5.57 Å². The molecule has 1 atom stereocenters. The first-order chi connectivity index (χ1) is 9.77. The number of hydrogen-bond donors (Lipinski definition) is 1. The Labute approximate surface area is 119 Å². The van der Waals surface area contributed by atoms with Crippen LogP contribution in [0.5, 0.6) is 0 Å². The molecule has 0 heterocycles. The zero-order valence-electron chi connectivity index (χ0n) is 11.5. The summed E-state index contributed by atoms with van der Waals surface area (Å²) in [6.07, 6.45) is -0.744. The van der Waals surface area contributed by atoms with E-state index in [4.69, 9.17) is 4.74 Å². The van der Waals surface area contributed by atoms with Crippen LogP contribution >= 0.6 is 0 Å². The lowest BCUT2D eigenvalue weighted by molar-refractivity contribution is 0.184. The van der Waals surface area contributed by atoms with Gasteiger partial charge in [0.05, 0.1) is 6.61 Å². The Balaban J connectivity index is 2.41. The molecule has 2 aromatic rings. The fourth-order valence-corrected chi connectivity index (χ4v) is 2.21. The van der Waals surface area contributed by atoms with Crippen LogP contribution in [0.3, 0.4) is 0 Å². The SMILES string of the molecule is C=C=C(c1ccccc1COC)C(O)c1ccccc1. The van der Waals surface area contributed by atoms with Crippen molar-refractivity contribution in [1.82, 2.24) is 0 Å². The van der Waals surface area contributed by atoms with Gasteiger partial charge < -0.3 is 9.84 Å². The molecule has 0 aliphatic rings. The molecule has 2 heteroatoms. The van der Waals surface area contributed by atoms with Gasteiger partial charge in [0.1, 0.15) is 6.10 Å². The zero-order chi connectivity index (χ0) is 14.4. The molecule has 0 aliphatic carbocycles. The molecule has 102 valence electrons. The first-order valence-electron chi connectivity index (χ1n) is 6.48. The van der Waals surface area contributed by atoms with Crippen molar-refractivity contribution in [1.29, 1.82) is 0 Å². The Morgan fingerprint density at radius 1 is 1.15 bits per heavy atom. The van der Waals surface area contributed by atoms with Crippen molar-refractivity contribution in [2.45, 2.75) is 12.7 Å². The summed E-state index contributed by atoms with van der Waals surface area (Å²) >= 11 is 0. The third-order valence-corrected chi connectivity index (χ3v) is 3.19. The molecule has 2 nitrogen and oxygen atoms in total. The second-order valence-electron chi connectivity index (χ2n) is 4.49. The maximum Gasteiger partial charge on any atom is 0.112 e. The molecular formula is C18H18O2. The molecule has 2 aromatic carbocycles. The lowest BCUT2D eigenvalue weighted by Gasteiger charge is -2.16. The van der Waals surface area contributed by atoms with E-state index < -0.39 is 6.10 Å². The van der Waals surface area contributed by atoms with Gasteiger partial charge in [0.2, 0.25) is 0 Å². The molecule has 0 spiro atoms. The number of aliphatic hydroxyl groups excluding tert-OH is 1. The molecule has 0 fully saturated rings. The summed E-state index contributed by atoms with van der Waals surface area (Å²) in [5, 5.41) is 10.5. The highest BCUT2D eigenvalue weighted by atomic mass is 16.5. The van der Waals surface area contributed by atoms with Gasteiger partial charge in [-0.15, -0.1) is 5.73 Å². The van der Waals surface area contributed by atoms with Gasteiger partial charge in [-0.2, -0.15) is 0 Å². The summed E-state index contributed by atoms with van der Waals surface area (Å²) in [6.45, 7) is 4.21. The minimum absolute atomic E-state index is 0.489. The monoisotopic (exact) mass is 266 g/mol. The van der Waals surface area contributed by atoms with Gasteiger partial charge in [-0.25, -0.2) is 0 Å². The third kappa shape index (κ3) is 3.06. The van der Waals surface area contributed by atoms with Crippen molar-refractivity contribution in [2.75, 3.05) is 7.11 Å². The van der Waals surface area contributed by atoms with Crippen molar-refractivity contribution in [2.24, 2.45) is 0 Å². The van der Waals surface area contributed by atoms with E-state index in [2.05, 4.69) is 12.3 Å². The Hall–Kier alpha value is -2.12. The topological polar surface area (TPSA) is 29.5 Å². The normalized spacial score (nSPS) is 11.7. The summed E-state index contributed by atoms with van der Waals surface area (Å²) in [7, 11) is 1.65. The first-order valence-corrected chi connectivity index (χ1v) is 6.48. The fraction of sp³-hybridized carbons (Fsp3) is 0.167. The molecule has 0 aliphatic heterocycles. The smallest absolute Gasteiger partial charge is 0.112 e. The van der Waals surface area contributed by atoms with E-state index in [0.717, 1.165) is 16.7 Å². The predicted octanol–water partition coefficient (Wildman–Crippen LogP) is 3.73. The van der Waals surface area contributed by atoms with E-state index in [1.165, 1.54) is 0 Å². The van der Waals surface area contributed by atoms with E-state index in [0.29, 0.717) is 12.2 Å². The number of ether oxygens (including phenoxy) is 1. The van der Waals surface area contributed by atoms with Crippen LogP contribution in [0.2, 0.25) is 0 Å². The van der Waals surface area contributed by atoms with Crippen molar-refractivity contribution < 1.29 is 9.84 Å². The number of benzene rings is 2. The van der Waals surface area contributed by atoms with E-state index in [9.17, 15) is 5.11 Å². The molecular weight excluding hydrogens is 248 g/mol. The van der Waals surface area contributed by atoms with Gasteiger partial charge in [0, 0.05) is 12.7 Å². The summed E-state index contributed by atoms with van der Waals surface area (Å²) in [5.74, 6) is 0. The Morgan fingerprint density at radius 3 is 2.45 bits per heavy atom. The van der Waals surface area contributed by atoms with Crippen LogP contribution in [-0.2, 0) is 11.3 Å². The second-order valence-corrected chi connectivity index (χ2v) is 4.49. The van der Waals surface area contributed by atoms with E-state index in [-0.39, 0.29) is 0 Å². The lowest BCUT2D eigenvalue weighted by Crippen LogP contribution is -2.03. The van der Waals surface area contributed by atoms with E-state index >= 15 is 0 Å². The van der Waals surface area contributed by atoms with Gasteiger partial charge in [-0.1, -0.05) is 61.2 Å². The highest BCUT2D eigenvalue weighted by Gasteiger charge is 2.17. The molecule has 1 N–H and O–H groups in total. The van der Waals surface area contributed by atoms with Gasteiger partial charge in [0.15, 0.2) is 0 Å². The van der Waals surface area contributed by atoms with Crippen LogP contribution in [0.4, 0.5) is 0 Å². The van der Waals surface area contributed by atoms with Gasteiger partial charge in [-0.05, 0) is 16.7 Å². The highest BCUT2D eigenvalue weighted by molar-refractivity contribution is 5.71. The van der Waals surface area contributed by atoms with Crippen LogP contribution in [0, 0.1) is 0 Å². The van der Waals surface area contributed by atoms with Crippen molar-refractivity contribution in [3.05, 3.63) is 83.6 Å². The van der Waals surface area contributed by atoms with Gasteiger partial charge in [-0.3, -0.25) is 0 Å². The van der Waals surface area contributed by atoms with Gasteiger partial charge in [0.25, 0.3) is 0 Å². The third-order valence-electron chi connectivity index (χ3n) is 3.19. The number of rotatable bonds is 5. The molecule has 1 unspecified atom stereocenters. The Bertz CT molecular complexity index is 610. The second kappa shape index (κ2) is 6.88. The Kier molecular flexibility index (Phi) is 4.91. The van der Waals surface area contributed by atoms with Crippen molar-refractivity contribution >= 4 is 5.57 Å². The molecule has 20 heavy (non-hydrogen) atoms. The largest absolute Gasteiger partial charge is 0.383 e. The summed E-state index contributed by atoms with van der Waals surface area (Å²) < 4.78 is 5.21. The molecule has 0 radical (unpaired) electrons. The summed E-state index contributed by atoms with van der Waals surface area (Å²) in [6, 6.07) is 17.3. The molecule has 0 saturated heterocycles. The zero-order valence-corrected chi connectivity index (χ0v) is 11.5. The quantitative estimate of drug-likeness (QED) is 0.835. The number of methoxy groups -OCH3 is 1. The maximum absolute atomic E-state index is 10.5. The van der Waals surface area contributed by atoms with Crippen molar-refractivity contribution in [3.8, 4) is 0 Å². The molecule has 0 saturated carbocycles. The average Bonchev–Trinajstić information content (AvgIpc) is 2.51. The standard InChI is InChI=1S/C18H18O2/c1-3-16(18(19)14-9-5-4-6-10-14)17-12-8-7-11-15(17)13-20-2/h4-12,18-19H,1,13H2,2H3. The van der Waals surface area contributed by atoms with Crippen LogP contribution in [0.1, 0.15) is 22.8 Å². The van der Waals surface area contributed by atoms with Gasteiger partial charge >= 0.3 is 0 Å². The lowest BCUT2D eigenvalue weighted by atomic mass is 9.93. The predicted molar refractivity (Wildman–Crippen MR) is 81.1 cm³/mol. The van der Waals surface area contributed by atoms with Crippen molar-refractivity contribution in [3.63, 3.8) is 0 Å². The van der Waals surface area contributed by atoms with E-state index in [1.807, 2.05) is 54.6 Å². The molecule has 0 bridgehead atoms. The number of hydrogen-bond acceptors (Lipinski definition) is 2. The molecule has 0 amide bonds. The summed E-state index contributed by atoms with van der Waals surface area (Å²) in [5.41, 5.74) is 6.30.